The standard InChI is InChI=1S/C28H33ClN4O5SSi/c1-4-38-24-16-21(29)20(15-23(24)33-10-12-37-13-11-33)26(34)31-27(35)32-28-30-22-9-14-40(3,17-25(22)39-28)19-7-5-18(36-2)6-8-19/h5-8,15-16H,4,9-14,17H2,1-3H3,(H2,30,31,32,34,35). The first-order valence-corrected chi connectivity index (χ1v) is 17.4. The first-order chi connectivity index (χ1) is 19.3. The van der Waals surface area contributed by atoms with Gasteiger partial charge in [0.2, 0.25) is 0 Å². The summed E-state index contributed by atoms with van der Waals surface area (Å²) in [6.07, 6.45) is 0.870. The molecule has 212 valence electrons. The number of nitrogens with zero attached hydrogens (tertiary/aromatic N) is 2. The first kappa shape index (κ1) is 28.4. The molecule has 0 aliphatic carbocycles. The zero-order valence-corrected chi connectivity index (χ0v) is 25.4. The lowest BCUT2D eigenvalue weighted by molar-refractivity contribution is 0.0967. The normalized spacial score (nSPS) is 18.6. The molecule has 2 aromatic carbocycles. The monoisotopic (exact) mass is 600 g/mol. The topological polar surface area (TPSA) is 102 Å². The van der Waals surface area contributed by atoms with Crippen LogP contribution in [0.2, 0.25) is 17.6 Å². The van der Waals surface area contributed by atoms with Crippen LogP contribution in [0.1, 0.15) is 27.9 Å². The number of fused-ring (bicyclic) bond motifs is 1. The van der Waals surface area contributed by atoms with Gasteiger partial charge in [0.15, 0.2) is 5.13 Å². The van der Waals surface area contributed by atoms with Crippen molar-refractivity contribution in [2.24, 2.45) is 0 Å². The summed E-state index contributed by atoms with van der Waals surface area (Å²) in [6, 6.07) is 13.1. The molecule has 40 heavy (non-hydrogen) atoms. The van der Waals surface area contributed by atoms with Gasteiger partial charge in [-0.2, -0.15) is 0 Å². The summed E-state index contributed by atoms with van der Waals surface area (Å²) in [4.78, 5) is 33.8. The molecule has 3 aromatic rings. The van der Waals surface area contributed by atoms with Gasteiger partial charge in [-0.15, -0.1) is 11.3 Å². The van der Waals surface area contributed by atoms with E-state index in [1.54, 1.807) is 19.2 Å². The minimum atomic E-state index is -1.74. The summed E-state index contributed by atoms with van der Waals surface area (Å²) in [5.74, 6) is 0.848. The van der Waals surface area contributed by atoms with Crippen LogP contribution in [0, 0.1) is 0 Å². The van der Waals surface area contributed by atoms with Gasteiger partial charge in [0.1, 0.15) is 11.5 Å². The number of anilines is 2. The van der Waals surface area contributed by atoms with Crippen LogP contribution in [-0.2, 0) is 17.2 Å². The predicted octanol–water partition coefficient (Wildman–Crippen LogP) is 4.63. The summed E-state index contributed by atoms with van der Waals surface area (Å²) < 4.78 is 16.5. The Balaban J connectivity index is 1.27. The fourth-order valence-electron chi connectivity index (χ4n) is 5.19. The smallest absolute Gasteiger partial charge is 0.327 e. The summed E-state index contributed by atoms with van der Waals surface area (Å²) in [6.45, 7) is 7.23. The zero-order chi connectivity index (χ0) is 28.3. The number of imide groups is 1. The van der Waals surface area contributed by atoms with Gasteiger partial charge in [-0.1, -0.05) is 35.5 Å². The van der Waals surface area contributed by atoms with E-state index in [4.69, 9.17) is 25.8 Å². The molecule has 5 rings (SSSR count). The van der Waals surface area contributed by atoms with E-state index in [1.807, 2.05) is 19.1 Å². The molecule has 12 heteroatoms. The molecule has 2 aliphatic heterocycles. The number of hydrogen-bond donors (Lipinski definition) is 2. The molecule has 2 N–H and O–H groups in total. The van der Waals surface area contributed by atoms with Crippen LogP contribution in [0.5, 0.6) is 11.5 Å². The number of methoxy groups -OCH3 is 1. The van der Waals surface area contributed by atoms with Gasteiger partial charge >= 0.3 is 6.03 Å². The minimum absolute atomic E-state index is 0.196. The van der Waals surface area contributed by atoms with Crippen LogP contribution in [0.15, 0.2) is 36.4 Å². The number of thiazole rings is 1. The van der Waals surface area contributed by atoms with Crippen molar-refractivity contribution in [3.8, 4) is 11.5 Å². The number of carbonyl (C=O) groups excluding carboxylic acids is 2. The van der Waals surface area contributed by atoms with Crippen molar-refractivity contribution < 1.29 is 23.8 Å². The third-order valence-corrected chi connectivity index (χ3v) is 13.2. The average Bonchev–Trinajstić information content (AvgIpc) is 3.34. The number of amides is 3. The molecule has 3 heterocycles. The van der Waals surface area contributed by atoms with Crippen LogP contribution in [0.3, 0.4) is 0 Å². The highest BCUT2D eigenvalue weighted by molar-refractivity contribution is 7.16. The van der Waals surface area contributed by atoms with E-state index in [-0.39, 0.29) is 10.6 Å². The molecule has 1 unspecified atom stereocenters. The van der Waals surface area contributed by atoms with E-state index >= 15 is 0 Å². The molecule has 0 spiro atoms. The van der Waals surface area contributed by atoms with E-state index in [1.165, 1.54) is 21.4 Å². The van der Waals surface area contributed by atoms with Crippen LogP contribution in [0.25, 0.3) is 0 Å². The molecule has 1 saturated heterocycles. The Morgan fingerprint density at radius 2 is 1.95 bits per heavy atom. The van der Waals surface area contributed by atoms with E-state index in [9.17, 15) is 9.59 Å². The molecular weight excluding hydrogens is 568 g/mol. The van der Waals surface area contributed by atoms with Gasteiger partial charge in [-0.05, 0) is 43.6 Å². The molecule has 9 nitrogen and oxygen atoms in total. The maximum Gasteiger partial charge on any atom is 0.327 e. The second-order valence-corrected chi connectivity index (χ2v) is 16.1. The largest absolute Gasteiger partial charge is 0.497 e. The van der Waals surface area contributed by atoms with Crippen LogP contribution < -0.4 is 30.2 Å². The van der Waals surface area contributed by atoms with Gasteiger partial charge in [-0.25, -0.2) is 9.78 Å². The van der Waals surface area contributed by atoms with Gasteiger partial charge in [0.25, 0.3) is 5.91 Å². The molecular formula is C28H33ClN4O5SSi. The molecule has 1 fully saturated rings. The van der Waals surface area contributed by atoms with Crippen molar-refractivity contribution in [2.45, 2.75) is 32.0 Å². The van der Waals surface area contributed by atoms with E-state index in [0.29, 0.717) is 43.8 Å². The number of ether oxygens (including phenoxy) is 3. The molecule has 0 bridgehead atoms. The Kier molecular flexibility index (Phi) is 8.64. The van der Waals surface area contributed by atoms with E-state index < -0.39 is 20.0 Å². The van der Waals surface area contributed by atoms with Crippen LogP contribution in [-0.4, -0.2) is 65.0 Å². The van der Waals surface area contributed by atoms with Crippen molar-refractivity contribution in [3.05, 3.63) is 57.6 Å². The minimum Gasteiger partial charge on any atom is -0.497 e. The molecule has 3 amide bonds. The molecule has 1 aromatic heterocycles. The Labute approximate surface area is 243 Å². The second kappa shape index (κ2) is 12.2. The van der Waals surface area contributed by atoms with Gasteiger partial charge in [0.05, 0.1) is 57.0 Å². The van der Waals surface area contributed by atoms with E-state index in [2.05, 4.69) is 39.2 Å². The van der Waals surface area contributed by atoms with E-state index in [0.717, 1.165) is 35.6 Å². The highest BCUT2D eigenvalue weighted by atomic mass is 35.5. The third kappa shape index (κ3) is 6.12. The number of urea groups is 1. The van der Waals surface area contributed by atoms with Crippen LogP contribution in [0.4, 0.5) is 15.6 Å². The number of rotatable bonds is 7. The average molecular weight is 601 g/mol. The summed E-state index contributed by atoms with van der Waals surface area (Å²) in [5, 5.41) is 7.23. The fourth-order valence-corrected chi connectivity index (χ4v) is 10.8. The number of aryl methyl sites for hydroxylation is 1. The number of carbonyl (C=O) groups is 2. The maximum absolute atomic E-state index is 13.1. The SMILES string of the molecule is CCOc1cc(Cl)c(C(=O)NC(=O)Nc2nc3c(s2)C[Si](C)(c2ccc(OC)cc2)CC3)cc1N1CCOCC1. The lowest BCUT2D eigenvalue weighted by Crippen LogP contribution is -2.49. The van der Waals surface area contributed by atoms with Gasteiger partial charge < -0.3 is 19.1 Å². The van der Waals surface area contributed by atoms with Crippen molar-refractivity contribution in [3.63, 3.8) is 0 Å². The summed E-state index contributed by atoms with van der Waals surface area (Å²) >= 11 is 7.93. The quantitative estimate of drug-likeness (QED) is 0.381. The second-order valence-electron chi connectivity index (χ2n) is 10.1. The summed E-state index contributed by atoms with van der Waals surface area (Å²) in [7, 11) is -0.0652. The Bertz CT molecular complexity index is 1400. The number of nitrogens with one attached hydrogen (secondary N) is 2. The molecule has 0 radical (unpaired) electrons. The highest BCUT2D eigenvalue weighted by Gasteiger charge is 2.36. The van der Waals surface area contributed by atoms with Crippen molar-refractivity contribution in [1.29, 1.82) is 0 Å². The number of aromatic nitrogens is 1. The Morgan fingerprint density at radius 3 is 2.65 bits per heavy atom. The van der Waals surface area contributed by atoms with Gasteiger partial charge in [0, 0.05) is 24.0 Å². The number of benzene rings is 2. The first-order valence-electron chi connectivity index (χ1n) is 13.3. The molecule has 0 saturated carbocycles. The predicted molar refractivity (Wildman–Crippen MR) is 161 cm³/mol. The van der Waals surface area contributed by atoms with Crippen molar-refractivity contribution in [1.82, 2.24) is 10.3 Å². The van der Waals surface area contributed by atoms with Crippen LogP contribution >= 0.6 is 22.9 Å². The Hall–Kier alpha value is -3.12. The fraction of sp³-hybridized carbons (Fsp3) is 0.393. The highest BCUT2D eigenvalue weighted by Crippen LogP contribution is 2.36. The van der Waals surface area contributed by atoms with Crippen molar-refractivity contribution >= 4 is 59.0 Å². The number of morpholine rings is 1. The lowest BCUT2D eigenvalue weighted by Gasteiger charge is -2.31. The molecule has 1 atom stereocenters. The van der Waals surface area contributed by atoms with Crippen molar-refractivity contribution in [2.75, 3.05) is 50.2 Å². The van der Waals surface area contributed by atoms with Gasteiger partial charge in [-0.3, -0.25) is 15.4 Å². The number of halogens is 1. The third-order valence-electron chi connectivity index (χ3n) is 7.42. The maximum atomic E-state index is 13.1. The number of hydrogen-bond acceptors (Lipinski definition) is 8. The lowest BCUT2D eigenvalue weighted by atomic mass is 10.1. The summed E-state index contributed by atoms with van der Waals surface area (Å²) in [5.41, 5.74) is 1.97. The molecule has 2 aliphatic rings. The Morgan fingerprint density at radius 1 is 1.20 bits per heavy atom. The zero-order valence-electron chi connectivity index (χ0n) is 22.8.